The van der Waals surface area contributed by atoms with Crippen molar-refractivity contribution in [2.75, 3.05) is 28.2 Å². The van der Waals surface area contributed by atoms with Gasteiger partial charge < -0.3 is 0 Å². The lowest BCUT2D eigenvalue weighted by Gasteiger charge is -2.42. The largest absolute Gasteiger partial charge is 0.278 e. The van der Waals surface area contributed by atoms with Crippen molar-refractivity contribution in [3.63, 3.8) is 0 Å². The molecule has 0 spiro atoms. The minimum Gasteiger partial charge on any atom is -0.278 e. The summed E-state index contributed by atoms with van der Waals surface area (Å²) in [5.74, 6) is 0. The summed E-state index contributed by atoms with van der Waals surface area (Å²) in [5.41, 5.74) is 0. The highest BCUT2D eigenvalue weighted by atomic mass is 29.3. The van der Waals surface area contributed by atoms with Crippen LogP contribution in [0, 0.1) is 0 Å². The van der Waals surface area contributed by atoms with Crippen molar-refractivity contribution in [2.45, 2.75) is 26.2 Å². The summed E-state index contributed by atoms with van der Waals surface area (Å²) < 4.78 is 0. The molecule has 0 aromatic heterocycles. The summed E-state index contributed by atoms with van der Waals surface area (Å²) in [5, 5.41) is 11.4. The van der Waals surface area contributed by atoms with Gasteiger partial charge in [0.2, 0.25) is 0 Å². The first kappa shape index (κ1) is 14.3. The van der Waals surface area contributed by atoms with Crippen molar-refractivity contribution in [3.8, 4) is 0 Å². The van der Waals surface area contributed by atoms with Crippen LogP contribution in [0.15, 0.2) is 0 Å². The topological polar surface area (TPSA) is 30.5 Å². The van der Waals surface area contributed by atoms with Crippen LogP contribution in [0.5, 0.6) is 0 Å². The Balaban J connectivity index is 4.51. The first-order valence-corrected chi connectivity index (χ1v) is 12.0. The van der Waals surface area contributed by atoms with Crippen molar-refractivity contribution in [1.82, 2.24) is 20.2 Å². The predicted octanol–water partition coefficient (Wildman–Crippen LogP) is 0.607. The molecule has 0 fully saturated rings. The van der Waals surface area contributed by atoms with E-state index in [0.29, 0.717) is 0 Å². The number of hydrogen-bond donors (Lipinski definition) is 2. The van der Waals surface area contributed by atoms with Crippen LogP contribution in [-0.4, -0.2) is 53.7 Å². The van der Waals surface area contributed by atoms with Gasteiger partial charge in [0.25, 0.3) is 0 Å². The Morgan fingerprint density at radius 1 is 0.643 bits per heavy atom. The second-order valence-corrected chi connectivity index (χ2v) is 19.7. The average Bonchev–Trinajstić information content (AvgIpc) is 1.78. The Kier molecular flexibility index (Phi) is 4.96. The molecule has 0 radical (unpaired) electrons. The van der Waals surface area contributed by atoms with Crippen LogP contribution < -0.4 is 10.2 Å². The van der Waals surface area contributed by atoms with Gasteiger partial charge in [0.15, 0.2) is 0 Å². The van der Waals surface area contributed by atoms with E-state index in [1.54, 1.807) is 0 Å². The highest BCUT2D eigenvalue weighted by Crippen LogP contribution is 2.13. The zero-order valence-electron chi connectivity index (χ0n) is 10.9. The van der Waals surface area contributed by atoms with Crippen molar-refractivity contribution in [3.05, 3.63) is 0 Å². The number of hydrogen-bond acceptors (Lipinski definition) is 4. The molecule has 0 saturated carbocycles. The van der Waals surface area contributed by atoms with E-state index >= 15 is 0 Å². The Labute approximate surface area is 90.6 Å². The van der Waals surface area contributed by atoms with Crippen LogP contribution in [0.2, 0.25) is 26.2 Å². The fourth-order valence-electron chi connectivity index (χ4n) is 1.40. The molecule has 0 bridgehead atoms. The number of rotatable bonds is 5. The third-order valence-electron chi connectivity index (χ3n) is 2.57. The van der Waals surface area contributed by atoms with Gasteiger partial charge in [-0.3, -0.25) is 20.2 Å². The Hall–Kier alpha value is 0.274. The van der Waals surface area contributed by atoms with Crippen LogP contribution in [0.4, 0.5) is 0 Å². The van der Waals surface area contributed by atoms with Gasteiger partial charge in [0, 0.05) is 28.2 Å². The fourth-order valence-corrected chi connectivity index (χ4v) is 7.21. The molecule has 2 N–H and O–H groups in total. The number of nitrogens with zero attached hydrogens (tertiary/aromatic N) is 2. The molecule has 0 rings (SSSR count). The van der Waals surface area contributed by atoms with Gasteiger partial charge in [-0.1, -0.05) is 26.2 Å². The van der Waals surface area contributed by atoms with Crippen LogP contribution >= 0.6 is 0 Å². The molecule has 0 aliphatic carbocycles. The summed E-state index contributed by atoms with van der Waals surface area (Å²) in [6.45, 7) is 9.54. The Morgan fingerprint density at radius 2 is 0.857 bits per heavy atom. The minimum absolute atomic E-state index is 1.39. The third-order valence-corrected chi connectivity index (χ3v) is 17.8. The lowest BCUT2D eigenvalue weighted by atomic mass is 11.2. The summed E-state index contributed by atoms with van der Waals surface area (Å²) in [4.78, 5) is 0. The zero-order chi connectivity index (χ0) is 11.6. The van der Waals surface area contributed by atoms with Gasteiger partial charge in [-0.05, 0) is 0 Å². The first-order chi connectivity index (χ1) is 6.08. The van der Waals surface area contributed by atoms with Crippen molar-refractivity contribution < 1.29 is 0 Å². The molecule has 0 aliphatic heterocycles. The molecular weight excluding hydrogens is 208 g/mol. The second-order valence-electron chi connectivity index (χ2n) is 5.26. The summed E-state index contributed by atoms with van der Waals surface area (Å²) in [7, 11) is 5.47. The molecule has 0 aromatic rings. The quantitative estimate of drug-likeness (QED) is 0.539. The molecule has 0 atom stereocenters. The molecule has 6 heteroatoms. The van der Waals surface area contributed by atoms with Crippen LogP contribution in [0.25, 0.3) is 0 Å². The highest BCUT2D eigenvalue weighted by Gasteiger charge is 2.42. The van der Waals surface area contributed by atoms with Crippen molar-refractivity contribution >= 4 is 15.5 Å². The van der Waals surface area contributed by atoms with E-state index in [0.717, 1.165) is 0 Å². The Bertz CT molecular complexity index is 160. The predicted molar refractivity (Wildman–Crippen MR) is 68.6 cm³/mol. The molecule has 0 aliphatic rings. The highest BCUT2D eigenvalue weighted by molar-refractivity contribution is 7.38. The number of nitrogens with one attached hydrogen (secondary N) is 2. The fraction of sp³-hybridized carbons (Fsp3) is 1.00. The standard InChI is InChI=1S/C8H26N4Si2/c1-11(2)9-13(5,6)14(7,8)10-12(3)4/h9-10H,1-8H3. The molecule has 0 aromatic carbocycles. The van der Waals surface area contributed by atoms with Gasteiger partial charge in [-0.15, -0.1) is 0 Å². The Morgan fingerprint density at radius 3 is 1.00 bits per heavy atom. The van der Waals surface area contributed by atoms with Gasteiger partial charge >= 0.3 is 0 Å². The molecule has 0 amide bonds. The van der Waals surface area contributed by atoms with Crippen molar-refractivity contribution in [2.24, 2.45) is 0 Å². The summed E-state index contributed by atoms with van der Waals surface area (Å²) in [6, 6.07) is 0. The van der Waals surface area contributed by atoms with Crippen LogP contribution in [0.1, 0.15) is 0 Å². The van der Waals surface area contributed by atoms with Crippen LogP contribution in [-0.2, 0) is 0 Å². The normalized spacial score (nSPS) is 14.1. The maximum absolute atomic E-state index is 3.61. The van der Waals surface area contributed by atoms with E-state index < -0.39 is 15.5 Å². The lowest BCUT2D eigenvalue weighted by Crippen LogP contribution is -2.75. The van der Waals surface area contributed by atoms with E-state index in [1.165, 1.54) is 0 Å². The molecule has 0 saturated heterocycles. The minimum atomic E-state index is -1.39. The smallest absolute Gasteiger partial charge is 0.144 e. The van der Waals surface area contributed by atoms with E-state index in [1.807, 2.05) is 0 Å². The molecule has 14 heavy (non-hydrogen) atoms. The van der Waals surface area contributed by atoms with Gasteiger partial charge in [0.1, 0.15) is 15.5 Å². The molecule has 0 unspecified atom stereocenters. The maximum Gasteiger partial charge on any atom is 0.144 e. The molecular formula is C8H26N4Si2. The summed E-state index contributed by atoms with van der Waals surface area (Å²) in [6.07, 6.45) is 0. The second kappa shape index (κ2) is 4.86. The van der Waals surface area contributed by atoms with E-state index in [-0.39, 0.29) is 0 Å². The van der Waals surface area contributed by atoms with Gasteiger partial charge in [-0.2, -0.15) is 0 Å². The van der Waals surface area contributed by atoms with E-state index in [4.69, 9.17) is 0 Å². The average molecular weight is 234 g/mol. The van der Waals surface area contributed by atoms with Gasteiger partial charge in [-0.25, -0.2) is 0 Å². The zero-order valence-corrected chi connectivity index (χ0v) is 12.9. The first-order valence-electron chi connectivity index (χ1n) is 4.99. The monoisotopic (exact) mass is 234 g/mol. The third kappa shape index (κ3) is 4.20. The molecule has 86 valence electrons. The SMILES string of the molecule is CN(C)N[Si](C)(C)[Si](C)(C)NN(C)C. The summed E-state index contributed by atoms with van der Waals surface area (Å²) >= 11 is 0. The maximum atomic E-state index is 3.61. The van der Waals surface area contributed by atoms with Crippen LogP contribution in [0.3, 0.4) is 0 Å². The molecule has 0 heterocycles. The number of hydrazine groups is 2. The van der Waals surface area contributed by atoms with Gasteiger partial charge in [0.05, 0.1) is 0 Å². The van der Waals surface area contributed by atoms with E-state index in [2.05, 4.69) is 74.6 Å². The van der Waals surface area contributed by atoms with E-state index in [9.17, 15) is 0 Å². The van der Waals surface area contributed by atoms with Crippen molar-refractivity contribution in [1.29, 1.82) is 0 Å². The lowest BCUT2D eigenvalue weighted by molar-refractivity contribution is 0.355. The molecule has 4 nitrogen and oxygen atoms in total.